The number of aromatic nitrogens is 3. The molecule has 0 fully saturated rings. The lowest BCUT2D eigenvalue weighted by molar-refractivity contribution is 0.475. The van der Waals surface area contributed by atoms with Gasteiger partial charge in [0.15, 0.2) is 5.82 Å². The number of hydrogen-bond acceptors (Lipinski definition) is 5. The van der Waals surface area contributed by atoms with Crippen molar-refractivity contribution in [3.63, 3.8) is 0 Å². The van der Waals surface area contributed by atoms with Gasteiger partial charge in [-0.1, -0.05) is 34.1 Å². The Morgan fingerprint density at radius 2 is 2.16 bits per heavy atom. The third-order valence-electron chi connectivity index (χ3n) is 3.69. The summed E-state index contributed by atoms with van der Waals surface area (Å²) in [5.41, 5.74) is 0.630. The second-order valence-corrected chi connectivity index (χ2v) is 7.50. The van der Waals surface area contributed by atoms with Crippen molar-refractivity contribution in [3.8, 4) is 16.5 Å². The number of rotatable bonds is 3. The van der Waals surface area contributed by atoms with Crippen molar-refractivity contribution in [3.05, 3.63) is 62.7 Å². The monoisotopic (exact) mass is 430 g/mol. The molecule has 25 heavy (non-hydrogen) atoms. The molecular weight excluding hydrogens is 420 g/mol. The highest BCUT2D eigenvalue weighted by molar-refractivity contribution is 9.10. The van der Waals surface area contributed by atoms with E-state index in [2.05, 4.69) is 31.2 Å². The molecule has 4 rings (SSSR count). The first-order valence-corrected chi connectivity index (χ1v) is 9.38. The third kappa shape index (κ3) is 3.04. The first kappa shape index (κ1) is 16.2. The third-order valence-corrected chi connectivity index (χ3v) is 5.32. The van der Waals surface area contributed by atoms with E-state index in [0.717, 1.165) is 20.1 Å². The Labute approximate surface area is 160 Å². The zero-order valence-electron chi connectivity index (χ0n) is 12.7. The van der Waals surface area contributed by atoms with Gasteiger partial charge in [0.2, 0.25) is 4.77 Å². The molecule has 2 N–H and O–H groups in total. The number of benzene rings is 2. The van der Waals surface area contributed by atoms with Crippen molar-refractivity contribution in [2.45, 2.75) is 0 Å². The van der Waals surface area contributed by atoms with Crippen LogP contribution < -0.4 is 0 Å². The van der Waals surface area contributed by atoms with Gasteiger partial charge in [-0.15, -0.1) is 11.3 Å². The maximum absolute atomic E-state index is 10.3. The van der Waals surface area contributed by atoms with Gasteiger partial charge in [-0.3, -0.25) is 0 Å². The van der Waals surface area contributed by atoms with Crippen molar-refractivity contribution >= 4 is 56.5 Å². The summed E-state index contributed by atoms with van der Waals surface area (Å²) in [4.78, 5) is 0.954. The van der Waals surface area contributed by atoms with Gasteiger partial charge in [0.1, 0.15) is 5.75 Å². The summed E-state index contributed by atoms with van der Waals surface area (Å²) in [6.07, 6.45) is 1.61. The second kappa shape index (κ2) is 6.55. The normalized spacial score (nSPS) is 11.6. The molecule has 0 aliphatic heterocycles. The second-order valence-electron chi connectivity index (χ2n) is 5.25. The van der Waals surface area contributed by atoms with E-state index in [9.17, 15) is 5.11 Å². The minimum absolute atomic E-state index is 0.159. The molecule has 2 aromatic heterocycles. The number of hydrogen-bond donors (Lipinski definition) is 2. The fourth-order valence-corrected chi connectivity index (χ4v) is 3.78. The molecule has 0 aliphatic rings. The fourth-order valence-electron chi connectivity index (χ4n) is 2.53. The van der Waals surface area contributed by atoms with Crippen molar-refractivity contribution < 1.29 is 5.11 Å². The van der Waals surface area contributed by atoms with Crippen LogP contribution >= 0.6 is 39.5 Å². The largest absolute Gasteiger partial charge is 0.507 e. The van der Waals surface area contributed by atoms with Crippen LogP contribution in [0.3, 0.4) is 0 Å². The van der Waals surface area contributed by atoms with Crippen LogP contribution in [-0.4, -0.2) is 26.2 Å². The fraction of sp³-hybridized carbons (Fsp3) is 0. The maximum atomic E-state index is 10.3. The Hall–Kier alpha value is -2.29. The summed E-state index contributed by atoms with van der Waals surface area (Å²) in [5.74, 6) is 0.796. The van der Waals surface area contributed by atoms with Crippen LogP contribution in [-0.2, 0) is 0 Å². The van der Waals surface area contributed by atoms with Crippen molar-refractivity contribution in [2.24, 2.45) is 5.10 Å². The lowest BCUT2D eigenvalue weighted by Gasteiger charge is -2.06. The van der Waals surface area contributed by atoms with Gasteiger partial charge in [-0.05, 0) is 52.6 Å². The van der Waals surface area contributed by atoms with Gasteiger partial charge in [-0.2, -0.15) is 14.9 Å². The van der Waals surface area contributed by atoms with Crippen LogP contribution in [0.25, 0.3) is 21.5 Å². The molecule has 2 aromatic carbocycles. The molecule has 0 radical (unpaired) electrons. The first-order valence-electron chi connectivity index (χ1n) is 7.30. The predicted octanol–water partition coefficient (Wildman–Crippen LogP) is 5.17. The van der Waals surface area contributed by atoms with E-state index >= 15 is 0 Å². The van der Waals surface area contributed by atoms with E-state index in [1.54, 1.807) is 28.3 Å². The van der Waals surface area contributed by atoms with Crippen LogP contribution in [0.4, 0.5) is 0 Å². The Bertz CT molecular complexity index is 1150. The number of nitrogens with zero attached hydrogens (tertiary/aromatic N) is 3. The number of halogens is 1. The van der Waals surface area contributed by atoms with E-state index in [1.165, 1.54) is 0 Å². The number of thiophene rings is 1. The van der Waals surface area contributed by atoms with Gasteiger partial charge in [0, 0.05) is 10.0 Å². The highest BCUT2D eigenvalue weighted by Crippen LogP contribution is 2.28. The Kier molecular flexibility index (Phi) is 4.24. The molecule has 0 saturated heterocycles. The molecule has 0 bridgehead atoms. The van der Waals surface area contributed by atoms with Crippen molar-refractivity contribution in [1.82, 2.24) is 14.9 Å². The van der Waals surface area contributed by atoms with Gasteiger partial charge >= 0.3 is 0 Å². The molecule has 0 amide bonds. The molecule has 0 atom stereocenters. The number of aromatic hydroxyl groups is 1. The number of phenols is 1. The number of phenolic OH excluding ortho intramolecular Hbond substituents is 1. The van der Waals surface area contributed by atoms with E-state index in [0.29, 0.717) is 16.2 Å². The SMILES string of the molecule is Oc1ccc2cc(Br)ccc2c1/C=N\n1c(-c2cccs2)n[nH]c1=S. The number of H-pyrrole nitrogens is 1. The minimum Gasteiger partial charge on any atom is -0.507 e. The number of nitrogens with one attached hydrogen (secondary N) is 1. The number of aromatic amines is 1. The standard InChI is InChI=1S/C17H11BrN4OS2/c18-11-4-5-12-10(8-11)3-6-14(23)13(12)9-19-22-16(20-21-17(22)24)15-2-1-7-25-15/h1-9,23H,(H,21,24)/b19-9-. The molecule has 124 valence electrons. The summed E-state index contributed by atoms with van der Waals surface area (Å²) >= 11 is 10.3. The number of fused-ring (bicyclic) bond motifs is 1. The average molecular weight is 431 g/mol. The molecule has 0 unspecified atom stereocenters. The lowest BCUT2D eigenvalue weighted by atomic mass is 10.0. The zero-order valence-corrected chi connectivity index (χ0v) is 15.9. The topological polar surface area (TPSA) is 66.2 Å². The predicted molar refractivity (Wildman–Crippen MR) is 107 cm³/mol. The lowest BCUT2D eigenvalue weighted by Crippen LogP contribution is -1.95. The Balaban J connectivity index is 1.84. The Morgan fingerprint density at radius 1 is 1.28 bits per heavy atom. The van der Waals surface area contributed by atoms with Gasteiger partial charge in [0.05, 0.1) is 11.1 Å². The summed E-state index contributed by atoms with van der Waals surface area (Å²) in [6, 6.07) is 13.3. The van der Waals surface area contributed by atoms with E-state index in [1.807, 2.05) is 41.8 Å². The molecule has 0 aliphatic carbocycles. The van der Waals surface area contributed by atoms with Crippen LogP contribution in [0.5, 0.6) is 5.75 Å². The molecule has 8 heteroatoms. The Morgan fingerprint density at radius 3 is 2.96 bits per heavy atom. The van der Waals surface area contributed by atoms with Crippen molar-refractivity contribution in [1.29, 1.82) is 0 Å². The minimum atomic E-state index is 0.159. The van der Waals surface area contributed by atoms with E-state index in [4.69, 9.17) is 12.2 Å². The molecule has 2 heterocycles. The van der Waals surface area contributed by atoms with Crippen LogP contribution in [0.1, 0.15) is 5.56 Å². The smallest absolute Gasteiger partial charge is 0.216 e. The summed E-state index contributed by atoms with van der Waals surface area (Å²) in [6.45, 7) is 0. The summed E-state index contributed by atoms with van der Waals surface area (Å²) in [5, 5.41) is 25.6. The van der Waals surface area contributed by atoms with Crippen LogP contribution in [0, 0.1) is 4.77 Å². The quantitative estimate of drug-likeness (QED) is 0.347. The molecular formula is C17H11BrN4OS2. The zero-order chi connectivity index (χ0) is 17.4. The average Bonchev–Trinajstić information content (AvgIpc) is 3.24. The van der Waals surface area contributed by atoms with Gasteiger partial charge in [0.25, 0.3) is 0 Å². The first-order chi connectivity index (χ1) is 12.1. The summed E-state index contributed by atoms with van der Waals surface area (Å²) in [7, 11) is 0. The van der Waals surface area contributed by atoms with E-state index in [-0.39, 0.29) is 5.75 Å². The van der Waals surface area contributed by atoms with Crippen LogP contribution in [0.2, 0.25) is 0 Å². The highest BCUT2D eigenvalue weighted by Gasteiger charge is 2.10. The highest BCUT2D eigenvalue weighted by atomic mass is 79.9. The maximum Gasteiger partial charge on any atom is 0.216 e. The van der Waals surface area contributed by atoms with E-state index < -0.39 is 0 Å². The molecule has 0 spiro atoms. The molecule has 5 nitrogen and oxygen atoms in total. The van der Waals surface area contributed by atoms with Crippen LogP contribution in [0.15, 0.2) is 57.4 Å². The van der Waals surface area contributed by atoms with Gasteiger partial charge < -0.3 is 5.11 Å². The summed E-state index contributed by atoms with van der Waals surface area (Å²) < 4.78 is 2.92. The molecule has 0 saturated carbocycles. The van der Waals surface area contributed by atoms with Gasteiger partial charge in [-0.25, -0.2) is 5.10 Å². The molecule has 4 aromatic rings. The van der Waals surface area contributed by atoms with Crippen molar-refractivity contribution in [2.75, 3.05) is 0 Å².